The maximum absolute atomic E-state index is 10.7. The van der Waals surface area contributed by atoms with Crippen molar-refractivity contribution in [1.29, 1.82) is 0 Å². The Hall–Kier alpha value is -1.51. The van der Waals surface area contributed by atoms with Gasteiger partial charge in [-0.1, -0.05) is 0 Å². The minimum absolute atomic E-state index is 0.181. The monoisotopic (exact) mass is 163 g/mol. The highest BCUT2D eigenvalue weighted by molar-refractivity contribution is 6.11. The second kappa shape index (κ2) is 2.52. The second-order valence-electron chi connectivity index (χ2n) is 2.68. The lowest BCUT2D eigenvalue weighted by Gasteiger charge is -2.01. The fourth-order valence-corrected chi connectivity index (χ4v) is 1.10. The number of hydrogen-bond donors (Lipinski definition) is 0. The maximum Gasteiger partial charge on any atom is 0.247 e. The number of benzene rings is 1. The number of ether oxygens (including phenoxy) is 1. The Balaban J connectivity index is 2.20. The molecule has 1 heterocycles. The van der Waals surface area contributed by atoms with Crippen LogP contribution in [0.25, 0.3) is 0 Å². The van der Waals surface area contributed by atoms with Crippen LogP contribution >= 0.6 is 0 Å². The highest BCUT2D eigenvalue weighted by atomic mass is 16.5. The number of anilines is 1. The molecule has 1 aliphatic heterocycles. The lowest BCUT2D eigenvalue weighted by atomic mass is 10.3. The van der Waals surface area contributed by atoms with E-state index in [2.05, 4.69) is 0 Å². The minimum Gasteiger partial charge on any atom is -0.497 e. The fourth-order valence-electron chi connectivity index (χ4n) is 1.10. The first-order valence-corrected chi connectivity index (χ1v) is 3.75. The maximum atomic E-state index is 10.7. The van der Waals surface area contributed by atoms with E-state index in [0.29, 0.717) is 6.54 Å². The number of carbonyl (C=O) groups is 1. The Morgan fingerprint density at radius 1 is 1.33 bits per heavy atom. The van der Waals surface area contributed by atoms with Crippen molar-refractivity contribution >= 4 is 11.6 Å². The Kier molecular flexibility index (Phi) is 1.50. The molecule has 0 unspecified atom stereocenters. The van der Waals surface area contributed by atoms with Gasteiger partial charge in [0.05, 0.1) is 7.11 Å². The molecule has 1 aromatic rings. The molecule has 3 heteroatoms. The molecule has 0 saturated carbocycles. The molecule has 0 N–H and O–H groups in total. The van der Waals surface area contributed by atoms with Crippen LogP contribution in [0.3, 0.4) is 0 Å². The molecule has 0 aromatic heterocycles. The largest absolute Gasteiger partial charge is 0.497 e. The van der Waals surface area contributed by atoms with E-state index >= 15 is 0 Å². The molecular weight excluding hydrogens is 154 g/mol. The van der Waals surface area contributed by atoms with E-state index in [9.17, 15) is 4.79 Å². The summed E-state index contributed by atoms with van der Waals surface area (Å²) in [6.45, 7) is 0.548. The van der Waals surface area contributed by atoms with Gasteiger partial charge in [0, 0.05) is 5.69 Å². The summed E-state index contributed by atoms with van der Waals surface area (Å²) in [5.74, 6) is 0.994. The summed E-state index contributed by atoms with van der Waals surface area (Å²) in [5.41, 5.74) is 0.945. The summed E-state index contributed by atoms with van der Waals surface area (Å²) >= 11 is 0. The van der Waals surface area contributed by atoms with E-state index in [0.717, 1.165) is 11.4 Å². The zero-order chi connectivity index (χ0) is 8.55. The Labute approximate surface area is 70.6 Å². The molecule has 0 radical (unpaired) electrons. The summed E-state index contributed by atoms with van der Waals surface area (Å²) < 4.78 is 4.99. The number of carbonyl (C=O) groups excluding carboxylic acids is 1. The predicted molar refractivity (Wildman–Crippen MR) is 45.3 cm³/mol. The number of nitrogens with zero attached hydrogens (tertiary/aromatic N) is 1. The first kappa shape index (κ1) is 7.16. The number of amides is 1. The molecule has 1 aromatic carbocycles. The van der Waals surface area contributed by atoms with Crippen molar-refractivity contribution < 1.29 is 9.53 Å². The normalized spacial score (nSPS) is 14.8. The van der Waals surface area contributed by atoms with Gasteiger partial charge in [-0.2, -0.15) is 0 Å². The van der Waals surface area contributed by atoms with Crippen molar-refractivity contribution in [2.75, 3.05) is 18.6 Å². The smallest absolute Gasteiger partial charge is 0.247 e. The van der Waals surface area contributed by atoms with Crippen LogP contribution < -0.4 is 9.64 Å². The van der Waals surface area contributed by atoms with E-state index < -0.39 is 0 Å². The van der Waals surface area contributed by atoms with Crippen LogP contribution in [0, 0.1) is 0 Å². The summed E-state index contributed by atoms with van der Waals surface area (Å²) in [7, 11) is 1.62. The lowest BCUT2D eigenvalue weighted by molar-refractivity contribution is -0.109. The summed E-state index contributed by atoms with van der Waals surface area (Å²) in [6, 6.07) is 7.45. The molecule has 1 saturated heterocycles. The van der Waals surface area contributed by atoms with Crippen LogP contribution in [0.15, 0.2) is 24.3 Å². The molecule has 0 bridgehead atoms. The molecule has 0 spiro atoms. The van der Waals surface area contributed by atoms with Gasteiger partial charge in [0.1, 0.15) is 12.3 Å². The molecule has 0 aliphatic carbocycles. The van der Waals surface area contributed by atoms with Gasteiger partial charge in [-0.3, -0.25) is 4.79 Å². The van der Waals surface area contributed by atoms with Gasteiger partial charge in [0.15, 0.2) is 0 Å². The van der Waals surface area contributed by atoms with Crippen molar-refractivity contribution in [2.24, 2.45) is 0 Å². The first-order chi connectivity index (χ1) is 5.81. The first-order valence-electron chi connectivity index (χ1n) is 3.75. The molecule has 0 atom stereocenters. The van der Waals surface area contributed by atoms with Gasteiger partial charge in [0.25, 0.3) is 0 Å². The van der Waals surface area contributed by atoms with Gasteiger partial charge < -0.3 is 9.64 Å². The fraction of sp³-hybridized carbons (Fsp3) is 0.222. The highest BCUT2D eigenvalue weighted by Gasteiger charge is 2.31. The number of hydrogen-bond acceptors (Lipinski definition) is 2. The van der Waals surface area contributed by atoms with E-state index in [4.69, 9.17) is 4.74 Å². The van der Waals surface area contributed by atoms with Crippen molar-refractivity contribution in [3.8, 4) is 5.75 Å². The third-order valence-electron chi connectivity index (χ3n) is 1.88. The number of rotatable bonds is 2. The van der Waals surface area contributed by atoms with Gasteiger partial charge in [-0.25, -0.2) is 0 Å². The van der Waals surface area contributed by atoms with Gasteiger partial charge >= 0.3 is 0 Å². The quantitative estimate of drug-likeness (QED) is 0.609. The minimum atomic E-state index is 0.181. The van der Waals surface area contributed by atoms with Crippen LogP contribution in [0.5, 0.6) is 5.75 Å². The van der Waals surface area contributed by atoms with Crippen molar-refractivity contribution in [3.63, 3.8) is 0 Å². The van der Waals surface area contributed by atoms with Crippen LogP contribution in [-0.2, 0) is 4.79 Å². The molecule has 3 nitrogen and oxygen atoms in total. The third-order valence-corrected chi connectivity index (χ3v) is 1.88. The van der Waals surface area contributed by atoms with Crippen LogP contribution in [0.4, 0.5) is 5.69 Å². The van der Waals surface area contributed by atoms with E-state index in [1.807, 2.05) is 24.3 Å². The predicted octanol–water partition coefficient (Wildman–Crippen LogP) is 1.04. The molecule has 12 heavy (non-hydrogen) atoms. The molecule has 1 amide bonds. The zero-order valence-electron chi connectivity index (χ0n) is 6.78. The number of methoxy groups -OCH3 is 1. The van der Waals surface area contributed by atoms with E-state index in [1.54, 1.807) is 12.0 Å². The average Bonchev–Trinajstić information content (AvgIpc) is 2.83. The van der Waals surface area contributed by atoms with Gasteiger partial charge in [0.2, 0.25) is 5.91 Å². The Morgan fingerprint density at radius 3 is 2.33 bits per heavy atom. The van der Waals surface area contributed by atoms with Crippen LogP contribution in [0.1, 0.15) is 0 Å². The van der Waals surface area contributed by atoms with Crippen molar-refractivity contribution in [3.05, 3.63) is 24.3 Å². The molecular formula is C9H9NO2. The van der Waals surface area contributed by atoms with Gasteiger partial charge in [-0.05, 0) is 24.3 Å². The molecule has 1 aliphatic rings. The third kappa shape index (κ3) is 1.13. The molecule has 2 rings (SSSR count). The summed E-state index contributed by atoms with van der Waals surface area (Å²) in [6.07, 6.45) is 0. The summed E-state index contributed by atoms with van der Waals surface area (Å²) in [5, 5.41) is 0. The molecule has 1 fully saturated rings. The Bertz CT molecular complexity index is 305. The van der Waals surface area contributed by atoms with Crippen molar-refractivity contribution in [1.82, 2.24) is 0 Å². The van der Waals surface area contributed by atoms with Crippen molar-refractivity contribution in [2.45, 2.75) is 0 Å². The Morgan fingerprint density at radius 2 is 1.92 bits per heavy atom. The average molecular weight is 163 g/mol. The standard InChI is InChI=1S/C9H9NO2/c1-12-8-4-2-7(3-5-8)10-6-9(10)11/h2-5H,6H2,1H3. The van der Waals surface area contributed by atoms with E-state index in [1.165, 1.54) is 0 Å². The molecule has 62 valence electrons. The van der Waals surface area contributed by atoms with Gasteiger partial charge in [-0.15, -0.1) is 0 Å². The SMILES string of the molecule is COc1ccc(N2CC2=O)cc1. The van der Waals surface area contributed by atoms with Crippen LogP contribution in [0.2, 0.25) is 0 Å². The second-order valence-corrected chi connectivity index (χ2v) is 2.68. The van der Waals surface area contributed by atoms with E-state index in [-0.39, 0.29) is 5.91 Å². The topological polar surface area (TPSA) is 29.3 Å². The zero-order valence-corrected chi connectivity index (χ0v) is 6.78. The summed E-state index contributed by atoms with van der Waals surface area (Å²) in [4.78, 5) is 12.4. The highest BCUT2D eigenvalue weighted by Crippen LogP contribution is 2.24. The lowest BCUT2D eigenvalue weighted by Crippen LogP contribution is -1.92. The van der Waals surface area contributed by atoms with Crippen LogP contribution in [-0.4, -0.2) is 19.6 Å².